The maximum atomic E-state index is 12.1. The lowest BCUT2D eigenvalue weighted by molar-refractivity contribution is 0.578. The molecular weight excluding hydrogens is 248 g/mol. The van der Waals surface area contributed by atoms with Gasteiger partial charge in [-0.15, -0.1) is 0 Å². The molecule has 1 aromatic carbocycles. The van der Waals surface area contributed by atoms with Crippen LogP contribution in [-0.4, -0.2) is 14.5 Å². The molecule has 2 rings (SSSR count). The first-order valence-electron chi connectivity index (χ1n) is 6.32. The molecule has 3 N–H and O–H groups in total. The Morgan fingerprint density at radius 1 is 1.50 bits per heavy atom. The van der Waals surface area contributed by atoms with Crippen molar-refractivity contribution >= 4 is 10.0 Å². The van der Waals surface area contributed by atoms with Crippen molar-refractivity contribution in [2.45, 2.75) is 43.7 Å². The molecule has 100 valence electrons. The second-order valence-electron chi connectivity index (χ2n) is 5.03. The van der Waals surface area contributed by atoms with Gasteiger partial charge in [0.1, 0.15) is 0 Å². The molecular formula is C13H20N2O2S. The quantitative estimate of drug-likeness (QED) is 0.855. The number of hydrogen-bond acceptors (Lipinski definition) is 3. The van der Waals surface area contributed by atoms with Crippen LogP contribution < -0.4 is 10.5 Å². The van der Waals surface area contributed by atoms with Crippen molar-refractivity contribution in [1.82, 2.24) is 4.72 Å². The lowest BCUT2D eigenvalue weighted by atomic mass is 10.1. The van der Waals surface area contributed by atoms with Gasteiger partial charge in [-0.2, -0.15) is 0 Å². The molecule has 4 nitrogen and oxygen atoms in total. The van der Waals surface area contributed by atoms with Crippen LogP contribution in [-0.2, 0) is 10.0 Å². The first-order valence-corrected chi connectivity index (χ1v) is 7.80. The molecule has 1 aromatic rings. The van der Waals surface area contributed by atoms with E-state index in [1.165, 1.54) is 0 Å². The predicted octanol–water partition coefficient (Wildman–Crippen LogP) is 1.78. The fraction of sp³-hybridized carbons (Fsp3) is 0.538. The molecule has 0 amide bonds. The second kappa shape index (κ2) is 4.99. The van der Waals surface area contributed by atoms with Gasteiger partial charge in [-0.1, -0.05) is 26.0 Å². The highest BCUT2D eigenvalue weighted by atomic mass is 32.2. The minimum Gasteiger partial charge on any atom is -0.324 e. The van der Waals surface area contributed by atoms with Gasteiger partial charge in [-0.05, 0) is 36.5 Å². The molecule has 0 saturated heterocycles. The Balaban J connectivity index is 2.21. The molecule has 1 aliphatic rings. The van der Waals surface area contributed by atoms with E-state index < -0.39 is 10.0 Å². The Labute approximate surface area is 109 Å². The van der Waals surface area contributed by atoms with E-state index in [0.29, 0.717) is 10.8 Å². The summed E-state index contributed by atoms with van der Waals surface area (Å²) in [5.74, 6) is 0.445. The Morgan fingerprint density at radius 3 is 2.72 bits per heavy atom. The molecule has 1 fully saturated rings. The van der Waals surface area contributed by atoms with Crippen molar-refractivity contribution in [3.8, 4) is 0 Å². The van der Waals surface area contributed by atoms with Crippen LogP contribution in [0.1, 0.15) is 38.3 Å². The Kier molecular flexibility index (Phi) is 3.75. The third-order valence-electron chi connectivity index (χ3n) is 3.45. The first kappa shape index (κ1) is 13.5. The smallest absolute Gasteiger partial charge is 0.240 e. The van der Waals surface area contributed by atoms with Gasteiger partial charge in [0, 0.05) is 12.1 Å². The van der Waals surface area contributed by atoms with Gasteiger partial charge in [0.15, 0.2) is 0 Å². The number of benzene rings is 1. The summed E-state index contributed by atoms with van der Waals surface area (Å²) < 4.78 is 27.0. The monoisotopic (exact) mass is 268 g/mol. The number of rotatable bonds is 5. The summed E-state index contributed by atoms with van der Waals surface area (Å²) >= 11 is 0. The van der Waals surface area contributed by atoms with E-state index >= 15 is 0 Å². The summed E-state index contributed by atoms with van der Waals surface area (Å²) in [7, 11) is -3.40. The van der Waals surface area contributed by atoms with Crippen LogP contribution in [0.5, 0.6) is 0 Å². The van der Waals surface area contributed by atoms with Gasteiger partial charge in [0.05, 0.1) is 4.90 Å². The summed E-state index contributed by atoms with van der Waals surface area (Å²) in [5.41, 5.74) is 6.79. The molecule has 0 aliphatic heterocycles. The van der Waals surface area contributed by atoms with Crippen LogP contribution in [0.15, 0.2) is 29.2 Å². The van der Waals surface area contributed by atoms with Crippen LogP contribution in [0.25, 0.3) is 0 Å². The summed E-state index contributed by atoms with van der Waals surface area (Å²) in [6.45, 7) is 4.02. The lowest BCUT2D eigenvalue weighted by Gasteiger charge is -2.11. The van der Waals surface area contributed by atoms with E-state index in [1.807, 2.05) is 19.9 Å². The number of hydrogen-bond donors (Lipinski definition) is 2. The van der Waals surface area contributed by atoms with E-state index in [4.69, 9.17) is 5.73 Å². The minimum absolute atomic E-state index is 0.0958. The largest absolute Gasteiger partial charge is 0.324 e. The van der Waals surface area contributed by atoms with E-state index in [1.54, 1.807) is 18.2 Å². The number of nitrogens with one attached hydrogen (secondary N) is 1. The maximum absolute atomic E-state index is 12.1. The van der Waals surface area contributed by atoms with Gasteiger partial charge in [-0.25, -0.2) is 13.1 Å². The van der Waals surface area contributed by atoms with E-state index in [9.17, 15) is 8.42 Å². The van der Waals surface area contributed by atoms with Crippen molar-refractivity contribution in [3.63, 3.8) is 0 Å². The summed E-state index contributed by atoms with van der Waals surface area (Å²) in [5, 5.41) is 0. The van der Waals surface area contributed by atoms with Gasteiger partial charge < -0.3 is 5.73 Å². The average molecular weight is 268 g/mol. The van der Waals surface area contributed by atoms with Crippen molar-refractivity contribution in [1.29, 1.82) is 0 Å². The lowest BCUT2D eigenvalue weighted by Crippen LogP contribution is -2.27. The molecule has 1 saturated carbocycles. The first-order chi connectivity index (χ1) is 8.44. The molecule has 0 aromatic heterocycles. The zero-order valence-electron chi connectivity index (χ0n) is 10.8. The molecule has 3 unspecified atom stereocenters. The molecule has 3 atom stereocenters. The topological polar surface area (TPSA) is 72.2 Å². The molecule has 1 aliphatic carbocycles. The van der Waals surface area contributed by atoms with Crippen LogP contribution in [0.4, 0.5) is 0 Å². The van der Waals surface area contributed by atoms with Crippen molar-refractivity contribution < 1.29 is 8.42 Å². The second-order valence-corrected chi connectivity index (χ2v) is 6.74. The third kappa shape index (κ3) is 2.91. The summed E-state index contributed by atoms with van der Waals surface area (Å²) in [6.07, 6.45) is 1.71. The fourth-order valence-electron chi connectivity index (χ4n) is 1.90. The molecule has 5 heteroatoms. The highest BCUT2D eigenvalue weighted by Crippen LogP contribution is 2.31. The van der Waals surface area contributed by atoms with Crippen LogP contribution in [0, 0.1) is 5.92 Å². The summed E-state index contributed by atoms with van der Waals surface area (Å²) in [6, 6.07) is 6.88. The van der Waals surface area contributed by atoms with Crippen molar-refractivity contribution in [3.05, 3.63) is 29.8 Å². The zero-order valence-corrected chi connectivity index (χ0v) is 11.6. The number of sulfonamides is 1. The highest BCUT2D eigenvalue weighted by Gasteiger charge is 2.36. The van der Waals surface area contributed by atoms with Crippen molar-refractivity contribution in [2.24, 2.45) is 11.7 Å². The van der Waals surface area contributed by atoms with Crippen molar-refractivity contribution in [2.75, 3.05) is 0 Å². The van der Waals surface area contributed by atoms with E-state index in [-0.39, 0.29) is 12.1 Å². The van der Waals surface area contributed by atoms with Gasteiger partial charge in [0.25, 0.3) is 0 Å². The minimum atomic E-state index is -3.40. The summed E-state index contributed by atoms with van der Waals surface area (Å²) in [4.78, 5) is 0.308. The molecule has 0 bridgehead atoms. The maximum Gasteiger partial charge on any atom is 0.240 e. The van der Waals surface area contributed by atoms with Gasteiger partial charge in [0.2, 0.25) is 10.0 Å². The number of nitrogens with two attached hydrogens (primary N) is 1. The Bertz CT molecular complexity index is 528. The Hall–Kier alpha value is -0.910. The van der Waals surface area contributed by atoms with Crippen LogP contribution in [0.2, 0.25) is 0 Å². The third-order valence-corrected chi connectivity index (χ3v) is 4.94. The zero-order chi connectivity index (χ0) is 13.3. The normalized spacial score (nSPS) is 24.8. The van der Waals surface area contributed by atoms with Gasteiger partial charge >= 0.3 is 0 Å². The molecule has 18 heavy (non-hydrogen) atoms. The van der Waals surface area contributed by atoms with Gasteiger partial charge in [-0.3, -0.25) is 0 Å². The molecule has 0 spiro atoms. The van der Waals surface area contributed by atoms with E-state index in [0.717, 1.165) is 18.4 Å². The van der Waals surface area contributed by atoms with Crippen LogP contribution in [0.3, 0.4) is 0 Å². The molecule has 0 heterocycles. The average Bonchev–Trinajstić information content (AvgIpc) is 3.03. The predicted molar refractivity (Wildman–Crippen MR) is 71.6 cm³/mol. The molecule has 0 radical (unpaired) electrons. The fourth-order valence-corrected chi connectivity index (χ4v) is 3.31. The SMILES string of the molecule is CCC(N)c1cccc(S(=O)(=O)NC2CC2C)c1. The Morgan fingerprint density at radius 2 is 2.17 bits per heavy atom. The highest BCUT2D eigenvalue weighted by molar-refractivity contribution is 7.89. The van der Waals surface area contributed by atoms with Crippen LogP contribution >= 0.6 is 0 Å². The standard InChI is InChI=1S/C13H20N2O2S/c1-3-12(14)10-5-4-6-11(8-10)18(16,17)15-13-7-9(13)2/h4-6,8-9,12-13,15H,3,7,14H2,1-2H3. The van der Waals surface area contributed by atoms with E-state index in [2.05, 4.69) is 4.72 Å².